The summed E-state index contributed by atoms with van der Waals surface area (Å²) in [5.41, 5.74) is 5.09. The van der Waals surface area contributed by atoms with Crippen molar-refractivity contribution < 1.29 is 14.1 Å². The number of nitrogens with zero attached hydrogens (tertiary/aromatic N) is 2. The molecule has 0 aliphatic heterocycles. The number of hydrogen-bond donors (Lipinski definition) is 2. The van der Waals surface area contributed by atoms with Gasteiger partial charge < -0.3 is 4.98 Å². The monoisotopic (exact) mass is 402 g/mol. The molecular formula is C22H15FN4O3. The fourth-order valence-electron chi connectivity index (χ4n) is 3.14. The number of fused-ring (bicyclic) bond motifs is 1. The Kier molecular flexibility index (Phi) is 5.04. The zero-order valence-corrected chi connectivity index (χ0v) is 15.5. The van der Waals surface area contributed by atoms with Gasteiger partial charge in [-0.3, -0.25) is 14.9 Å². The first-order chi connectivity index (χ1) is 14.5. The van der Waals surface area contributed by atoms with Crippen molar-refractivity contribution in [3.63, 3.8) is 0 Å². The molecule has 0 atom stereocenters. The van der Waals surface area contributed by atoms with Crippen molar-refractivity contribution in [3.8, 4) is 11.1 Å². The fraction of sp³-hybridized carbons (Fsp3) is 0. The summed E-state index contributed by atoms with van der Waals surface area (Å²) in [6.45, 7) is 0. The molecule has 4 aromatic rings. The molecule has 0 saturated heterocycles. The van der Waals surface area contributed by atoms with Crippen LogP contribution in [0.5, 0.6) is 0 Å². The Morgan fingerprint density at radius 1 is 1.07 bits per heavy atom. The van der Waals surface area contributed by atoms with Crippen molar-refractivity contribution in [2.24, 2.45) is 5.10 Å². The van der Waals surface area contributed by atoms with Crippen molar-refractivity contribution in [2.75, 3.05) is 0 Å². The number of benzene rings is 3. The number of nitro groups is 1. The van der Waals surface area contributed by atoms with Gasteiger partial charge in [0.2, 0.25) is 0 Å². The van der Waals surface area contributed by atoms with E-state index in [-0.39, 0.29) is 17.2 Å². The van der Waals surface area contributed by atoms with E-state index in [1.165, 1.54) is 42.6 Å². The first-order valence-corrected chi connectivity index (χ1v) is 8.97. The standard InChI is InChI=1S/C22H15FN4O3/c23-16-8-6-14(7-9-16)13-24-26-22(28)21-20(15-4-2-1-3-5-15)18-12-17(27(29)30)10-11-19(18)25-21/h1-13,25H,(H,26,28). The van der Waals surface area contributed by atoms with E-state index in [2.05, 4.69) is 15.5 Å². The molecule has 4 rings (SSSR count). The number of carbonyl (C=O) groups is 1. The summed E-state index contributed by atoms with van der Waals surface area (Å²) in [7, 11) is 0. The van der Waals surface area contributed by atoms with Crippen LogP contribution in [0, 0.1) is 15.9 Å². The van der Waals surface area contributed by atoms with Gasteiger partial charge in [-0.15, -0.1) is 0 Å². The molecule has 1 aromatic heterocycles. The van der Waals surface area contributed by atoms with Gasteiger partial charge in [0.05, 0.1) is 11.1 Å². The van der Waals surface area contributed by atoms with Crippen molar-refractivity contribution in [1.29, 1.82) is 0 Å². The average Bonchev–Trinajstić information content (AvgIpc) is 3.14. The van der Waals surface area contributed by atoms with Crippen LogP contribution in [0.1, 0.15) is 16.1 Å². The Balaban J connectivity index is 1.73. The normalized spacial score (nSPS) is 11.1. The number of non-ortho nitro benzene ring substituents is 1. The van der Waals surface area contributed by atoms with Crippen molar-refractivity contribution >= 4 is 28.7 Å². The van der Waals surface area contributed by atoms with Crippen LogP contribution in [-0.4, -0.2) is 22.0 Å². The van der Waals surface area contributed by atoms with Crippen LogP contribution in [0.25, 0.3) is 22.0 Å². The molecule has 0 unspecified atom stereocenters. The van der Waals surface area contributed by atoms with Gasteiger partial charge >= 0.3 is 0 Å². The topological polar surface area (TPSA) is 100 Å². The van der Waals surface area contributed by atoms with Gasteiger partial charge in [0.1, 0.15) is 11.5 Å². The third-order valence-electron chi connectivity index (χ3n) is 4.53. The number of rotatable bonds is 5. The number of hydrazone groups is 1. The van der Waals surface area contributed by atoms with Crippen molar-refractivity contribution in [1.82, 2.24) is 10.4 Å². The molecule has 7 nitrogen and oxygen atoms in total. The molecule has 3 aromatic carbocycles. The SMILES string of the molecule is O=C(NN=Cc1ccc(F)cc1)c1[nH]c2ccc([N+](=O)[O-])cc2c1-c1ccccc1. The minimum absolute atomic E-state index is 0.0695. The van der Waals surface area contributed by atoms with Crippen LogP contribution in [0.15, 0.2) is 77.9 Å². The maximum absolute atomic E-state index is 13.0. The van der Waals surface area contributed by atoms with Crippen LogP contribution in [-0.2, 0) is 0 Å². The highest BCUT2D eigenvalue weighted by atomic mass is 19.1. The Hall–Kier alpha value is -4.33. The molecule has 148 valence electrons. The van der Waals surface area contributed by atoms with Gasteiger partial charge in [-0.25, -0.2) is 9.82 Å². The predicted octanol–water partition coefficient (Wildman–Crippen LogP) is 4.65. The van der Waals surface area contributed by atoms with Crippen molar-refractivity contribution in [2.45, 2.75) is 0 Å². The quantitative estimate of drug-likeness (QED) is 0.289. The maximum Gasteiger partial charge on any atom is 0.288 e. The second-order valence-electron chi connectivity index (χ2n) is 6.48. The summed E-state index contributed by atoms with van der Waals surface area (Å²) in [4.78, 5) is 26.6. The molecule has 0 bridgehead atoms. The first kappa shape index (κ1) is 19.0. The summed E-state index contributed by atoms with van der Waals surface area (Å²) in [6, 6.07) is 19.1. The zero-order chi connectivity index (χ0) is 21.1. The second kappa shape index (κ2) is 7.96. The van der Waals surface area contributed by atoms with Gasteiger partial charge in [-0.2, -0.15) is 5.10 Å². The van der Waals surface area contributed by atoms with E-state index in [0.717, 1.165) is 5.56 Å². The van der Waals surface area contributed by atoms with Gasteiger partial charge in [-0.1, -0.05) is 42.5 Å². The highest BCUT2D eigenvalue weighted by Crippen LogP contribution is 2.34. The van der Waals surface area contributed by atoms with Crippen LogP contribution >= 0.6 is 0 Å². The molecule has 30 heavy (non-hydrogen) atoms. The Morgan fingerprint density at radius 3 is 2.50 bits per heavy atom. The molecule has 1 heterocycles. The smallest absolute Gasteiger partial charge is 0.288 e. The van der Waals surface area contributed by atoms with Gasteiger partial charge in [0.15, 0.2) is 0 Å². The maximum atomic E-state index is 13.0. The number of aromatic amines is 1. The zero-order valence-electron chi connectivity index (χ0n) is 15.5. The van der Waals surface area contributed by atoms with Gasteiger partial charge in [-0.05, 0) is 29.3 Å². The van der Waals surface area contributed by atoms with E-state index in [4.69, 9.17) is 0 Å². The van der Waals surface area contributed by atoms with E-state index >= 15 is 0 Å². The van der Waals surface area contributed by atoms with Gasteiger partial charge in [0.25, 0.3) is 11.6 Å². The summed E-state index contributed by atoms with van der Waals surface area (Å²) < 4.78 is 13.0. The fourth-order valence-corrected chi connectivity index (χ4v) is 3.14. The van der Waals surface area contributed by atoms with Crippen LogP contribution in [0.4, 0.5) is 10.1 Å². The van der Waals surface area contributed by atoms with E-state index in [1.807, 2.05) is 30.3 Å². The second-order valence-corrected chi connectivity index (χ2v) is 6.48. The lowest BCUT2D eigenvalue weighted by Crippen LogP contribution is -2.18. The number of aromatic nitrogens is 1. The minimum Gasteiger partial charge on any atom is -0.350 e. The molecule has 0 fully saturated rings. The first-order valence-electron chi connectivity index (χ1n) is 8.97. The number of nitrogens with one attached hydrogen (secondary N) is 2. The number of carbonyl (C=O) groups excluding carboxylic acids is 1. The number of H-pyrrole nitrogens is 1. The summed E-state index contributed by atoms with van der Waals surface area (Å²) in [5, 5.41) is 15.7. The molecule has 0 radical (unpaired) electrons. The molecule has 2 N–H and O–H groups in total. The van der Waals surface area contributed by atoms with E-state index in [1.54, 1.807) is 6.07 Å². The largest absolute Gasteiger partial charge is 0.350 e. The molecule has 1 amide bonds. The lowest BCUT2D eigenvalue weighted by atomic mass is 10.0. The molecule has 0 spiro atoms. The van der Waals surface area contributed by atoms with Crippen LogP contribution in [0.3, 0.4) is 0 Å². The number of halogens is 1. The van der Waals surface area contributed by atoms with Crippen LogP contribution in [0.2, 0.25) is 0 Å². The molecular weight excluding hydrogens is 387 g/mol. The highest BCUT2D eigenvalue weighted by Gasteiger charge is 2.21. The lowest BCUT2D eigenvalue weighted by Gasteiger charge is -2.04. The number of hydrogen-bond acceptors (Lipinski definition) is 4. The molecule has 0 aliphatic carbocycles. The van der Waals surface area contributed by atoms with E-state index in [0.29, 0.717) is 22.0 Å². The number of amides is 1. The third-order valence-corrected chi connectivity index (χ3v) is 4.53. The van der Waals surface area contributed by atoms with E-state index < -0.39 is 10.8 Å². The number of nitro benzene ring substituents is 1. The van der Waals surface area contributed by atoms with Gasteiger partial charge in [0, 0.05) is 28.6 Å². The summed E-state index contributed by atoms with van der Waals surface area (Å²) in [6.07, 6.45) is 1.40. The highest BCUT2D eigenvalue weighted by molar-refractivity contribution is 6.10. The van der Waals surface area contributed by atoms with Crippen molar-refractivity contribution in [3.05, 3.63) is 100.0 Å². The van der Waals surface area contributed by atoms with Crippen LogP contribution < -0.4 is 5.43 Å². The Labute approximate surface area is 170 Å². The molecule has 8 heteroatoms. The summed E-state index contributed by atoms with van der Waals surface area (Å²) in [5.74, 6) is -0.873. The lowest BCUT2D eigenvalue weighted by molar-refractivity contribution is -0.384. The average molecular weight is 402 g/mol. The third kappa shape index (κ3) is 3.79. The summed E-state index contributed by atoms with van der Waals surface area (Å²) >= 11 is 0. The minimum atomic E-state index is -0.508. The predicted molar refractivity (Wildman–Crippen MR) is 112 cm³/mol. The molecule has 0 saturated carbocycles. The Bertz CT molecular complexity index is 1270. The van der Waals surface area contributed by atoms with E-state index in [9.17, 15) is 19.3 Å². The molecule has 0 aliphatic rings. The Morgan fingerprint density at radius 2 is 1.80 bits per heavy atom.